The highest BCUT2D eigenvalue weighted by Gasteiger charge is 2.36. The molecule has 0 aromatic rings. The van der Waals surface area contributed by atoms with Gasteiger partial charge in [-0.1, -0.05) is 20.8 Å². The van der Waals surface area contributed by atoms with Crippen molar-refractivity contribution in [3.63, 3.8) is 0 Å². The Morgan fingerprint density at radius 3 is 2.27 bits per heavy atom. The van der Waals surface area contributed by atoms with Crippen LogP contribution >= 0.6 is 0 Å². The van der Waals surface area contributed by atoms with E-state index in [-0.39, 0.29) is 0 Å². The van der Waals surface area contributed by atoms with Crippen LogP contribution in [0.1, 0.15) is 53.9 Å². The van der Waals surface area contributed by atoms with Gasteiger partial charge in [-0.25, -0.2) is 0 Å². The van der Waals surface area contributed by atoms with Crippen molar-refractivity contribution < 1.29 is 4.48 Å². The summed E-state index contributed by atoms with van der Waals surface area (Å²) in [7, 11) is 0. The van der Waals surface area contributed by atoms with Crippen molar-refractivity contribution in [2.45, 2.75) is 59.9 Å². The van der Waals surface area contributed by atoms with Gasteiger partial charge in [0.1, 0.15) is 0 Å². The van der Waals surface area contributed by atoms with Gasteiger partial charge in [0, 0.05) is 6.42 Å². The lowest BCUT2D eigenvalue weighted by Crippen LogP contribution is -2.54. The number of quaternary nitrogens is 1. The minimum atomic E-state index is 0.870. The maximum absolute atomic E-state index is 2.48. The molecule has 1 fully saturated rings. The van der Waals surface area contributed by atoms with E-state index in [9.17, 15) is 0 Å². The molecule has 1 nitrogen and oxygen atoms in total. The normalized spacial score (nSPS) is 42.6. The minimum Gasteiger partial charge on any atom is -0.322 e. The van der Waals surface area contributed by atoms with Crippen LogP contribution in [0.5, 0.6) is 0 Å². The van der Waals surface area contributed by atoms with E-state index >= 15 is 0 Å². The molecule has 90 valence electrons. The van der Waals surface area contributed by atoms with Crippen molar-refractivity contribution in [3.8, 4) is 0 Å². The first-order valence-corrected chi connectivity index (χ1v) is 6.91. The number of likely N-dealkylation sites (tertiary alicyclic amines) is 1. The number of hydrogen-bond donors (Lipinski definition) is 0. The zero-order valence-corrected chi connectivity index (χ0v) is 11.4. The van der Waals surface area contributed by atoms with Crippen molar-refractivity contribution in [1.29, 1.82) is 0 Å². The summed E-state index contributed by atoms with van der Waals surface area (Å²) in [5, 5.41) is 0. The summed E-state index contributed by atoms with van der Waals surface area (Å²) >= 11 is 0. The molecule has 1 aliphatic heterocycles. The third-order valence-corrected chi connectivity index (χ3v) is 4.95. The van der Waals surface area contributed by atoms with Gasteiger partial charge in [-0.3, -0.25) is 0 Å². The van der Waals surface area contributed by atoms with Crippen LogP contribution in [-0.4, -0.2) is 30.2 Å². The van der Waals surface area contributed by atoms with E-state index in [0.717, 1.165) is 17.9 Å². The van der Waals surface area contributed by atoms with Gasteiger partial charge >= 0.3 is 0 Å². The molecule has 0 spiro atoms. The maximum atomic E-state index is 2.48. The van der Waals surface area contributed by atoms with Gasteiger partial charge in [0.05, 0.1) is 25.7 Å². The van der Waals surface area contributed by atoms with Crippen LogP contribution in [0, 0.1) is 11.8 Å². The molecule has 4 unspecified atom stereocenters. The fourth-order valence-corrected chi connectivity index (χ4v) is 3.37. The second-order valence-corrected chi connectivity index (χ2v) is 5.81. The highest BCUT2D eigenvalue weighted by atomic mass is 15.4. The Kier molecular flexibility index (Phi) is 4.64. The molecule has 1 heterocycles. The maximum Gasteiger partial charge on any atom is 0.0864 e. The largest absolute Gasteiger partial charge is 0.322 e. The molecule has 1 heteroatoms. The summed E-state index contributed by atoms with van der Waals surface area (Å²) < 4.78 is 1.38. The molecule has 0 N–H and O–H groups in total. The van der Waals surface area contributed by atoms with Gasteiger partial charge in [0.15, 0.2) is 0 Å². The smallest absolute Gasteiger partial charge is 0.0864 e. The Bertz CT molecular complexity index is 190. The Morgan fingerprint density at radius 2 is 1.73 bits per heavy atom. The van der Waals surface area contributed by atoms with E-state index in [1.807, 2.05) is 0 Å². The summed E-state index contributed by atoms with van der Waals surface area (Å²) in [6.07, 6.45) is 4.19. The predicted octanol–water partition coefficient (Wildman–Crippen LogP) is 3.69. The molecular weight excluding hydrogens is 182 g/mol. The summed E-state index contributed by atoms with van der Waals surface area (Å²) in [4.78, 5) is 0. The Hall–Kier alpha value is -0.0400. The van der Waals surface area contributed by atoms with Gasteiger partial charge in [0.2, 0.25) is 0 Å². The summed E-state index contributed by atoms with van der Waals surface area (Å²) in [5.41, 5.74) is 0. The molecule has 4 atom stereocenters. The molecule has 1 saturated heterocycles. The monoisotopic (exact) mass is 212 g/mol. The summed E-state index contributed by atoms with van der Waals surface area (Å²) in [6, 6.07) is 0.870. The average molecular weight is 212 g/mol. The lowest BCUT2D eigenvalue weighted by Gasteiger charge is -2.42. The summed E-state index contributed by atoms with van der Waals surface area (Å²) in [6.45, 7) is 16.2. The van der Waals surface area contributed by atoms with E-state index in [2.05, 4.69) is 34.6 Å². The van der Waals surface area contributed by atoms with Crippen molar-refractivity contribution >= 4 is 0 Å². The average Bonchev–Trinajstić information content (AvgIpc) is 2.31. The highest BCUT2D eigenvalue weighted by Crippen LogP contribution is 2.31. The van der Waals surface area contributed by atoms with Crippen LogP contribution in [-0.2, 0) is 0 Å². The second-order valence-electron chi connectivity index (χ2n) is 5.81. The van der Waals surface area contributed by atoms with Crippen LogP contribution < -0.4 is 0 Å². The minimum absolute atomic E-state index is 0.870. The van der Waals surface area contributed by atoms with Gasteiger partial charge in [0.25, 0.3) is 0 Å². The fraction of sp³-hybridized carbons (Fsp3) is 1.00. The number of hydrogen-bond acceptors (Lipinski definition) is 0. The molecule has 15 heavy (non-hydrogen) atoms. The first-order chi connectivity index (χ1) is 7.05. The van der Waals surface area contributed by atoms with Gasteiger partial charge in [-0.05, 0) is 38.5 Å². The van der Waals surface area contributed by atoms with E-state index in [0.29, 0.717) is 0 Å². The third kappa shape index (κ3) is 2.75. The van der Waals surface area contributed by atoms with Crippen LogP contribution in [0.4, 0.5) is 0 Å². The molecule has 0 saturated carbocycles. The topological polar surface area (TPSA) is 0 Å². The molecule has 0 aromatic carbocycles. The van der Waals surface area contributed by atoms with Gasteiger partial charge < -0.3 is 4.48 Å². The van der Waals surface area contributed by atoms with E-state index in [1.54, 1.807) is 0 Å². The van der Waals surface area contributed by atoms with E-state index in [1.165, 1.54) is 43.4 Å². The SMILES string of the molecule is CCC[N+]1(CC)CCC(C)C(C)CC1C. The number of rotatable bonds is 3. The Labute approximate surface area is 96.4 Å². The first kappa shape index (κ1) is 13.0. The van der Waals surface area contributed by atoms with Crippen LogP contribution in [0.2, 0.25) is 0 Å². The van der Waals surface area contributed by atoms with Crippen LogP contribution in [0.25, 0.3) is 0 Å². The zero-order chi connectivity index (χ0) is 11.5. The molecule has 0 aromatic heterocycles. The van der Waals surface area contributed by atoms with Gasteiger partial charge in [-0.2, -0.15) is 0 Å². The highest BCUT2D eigenvalue weighted by molar-refractivity contribution is 4.71. The molecule has 1 aliphatic rings. The van der Waals surface area contributed by atoms with Crippen LogP contribution in [0.3, 0.4) is 0 Å². The Morgan fingerprint density at radius 1 is 1.07 bits per heavy atom. The number of nitrogens with zero attached hydrogens (tertiary/aromatic N) is 1. The lowest BCUT2D eigenvalue weighted by atomic mass is 9.90. The molecule has 0 amide bonds. The van der Waals surface area contributed by atoms with Crippen molar-refractivity contribution in [2.24, 2.45) is 11.8 Å². The fourth-order valence-electron chi connectivity index (χ4n) is 3.37. The second kappa shape index (κ2) is 5.34. The molecule has 0 aliphatic carbocycles. The van der Waals surface area contributed by atoms with Crippen LogP contribution in [0.15, 0.2) is 0 Å². The lowest BCUT2D eigenvalue weighted by molar-refractivity contribution is -0.947. The predicted molar refractivity (Wildman–Crippen MR) is 67.9 cm³/mol. The molecule has 0 bridgehead atoms. The van der Waals surface area contributed by atoms with Gasteiger partial charge in [-0.15, -0.1) is 0 Å². The zero-order valence-electron chi connectivity index (χ0n) is 11.4. The van der Waals surface area contributed by atoms with Crippen molar-refractivity contribution in [1.82, 2.24) is 0 Å². The first-order valence-electron chi connectivity index (χ1n) is 6.91. The van der Waals surface area contributed by atoms with Crippen molar-refractivity contribution in [3.05, 3.63) is 0 Å². The summed E-state index contributed by atoms with van der Waals surface area (Å²) in [5.74, 6) is 1.85. The molecule has 1 rings (SSSR count). The quantitative estimate of drug-likeness (QED) is 0.626. The van der Waals surface area contributed by atoms with E-state index < -0.39 is 0 Å². The Balaban J connectivity index is 2.78. The van der Waals surface area contributed by atoms with E-state index in [4.69, 9.17) is 0 Å². The third-order valence-electron chi connectivity index (χ3n) is 4.95. The molecular formula is C14H30N+. The standard InChI is InChI=1S/C14H30N/c1-6-9-15(7-2)10-8-12(3)13(4)11-14(15)5/h12-14H,6-11H2,1-5H3/q+1. The molecule has 0 radical (unpaired) electrons. The van der Waals surface area contributed by atoms with Crippen molar-refractivity contribution in [2.75, 3.05) is 19.6 Å².